The molecule has 0 saturated carbocycles. The van der Waals surface area contributed by atoms with Gasteiger partial charge < -0.3 is 0 Å². The molecule has 19 heavy (non-hydrogen) atoms. The molecule has 5 nitrogen and oxygen atoms in total. The second-order valence-electron chi connectivity index (χ2n) is 3.71. The van der Waals surface area contributed by atoms with Crippen molar-refractivity contribution in [3.63, 3.8) is 0 Å². The van der Waals surface area contributed by atoms with Crippen molar-refractivity contribution in [2.75, 3.05) is 0 Å². The Balaban J connectivity index is 1.92. The third-order valence-electron chi connectivity index (χ3n) is 2.29. The predicted octanol–water partition coefficient (Wildman–Crippen LogP) is 3.34. The molecule has 0 saturated heterocycles. The van der Waals surface area contributed by atoms with Crippen molar-refractivity contribution < 1.29 is 0 Å². The topological polar surface area (TPSA) is 56.5 Å². The van der Waals surface area contributed by atoms with Gasteiger partial charge in [0.25, 0.3) is 0 Å². The van der Waals surface area contributed by atoms with Gasteiger partial charge in [-0.3, -0.25) is 0 Å². The molecule has 0 aliphatic heterocycles. The average Bonchev–Trinajstić information content (AvgIpc) is 3.00. The molecule has 0 aliphatic carbocycles. The van der Waals surface area contributed by atoms with Crippen molar-refractivity contribution in [1.29, 1.82) is 0 Å². The van der Waals surface area contributed by atoms with Crippen LogP contribution >= 0.6 is 39.0 Å². The molecule has 0 amide bonds. The van der Waals surface area contributed by atoms with Crippen LogP contribution in [0.1, 0.15) is 5.69 Å². The minimum absolute atomic E-state index is 0.705. The molecule has 0 atom stereocenters. The fourth-order valence-electron chi connectivity index (χ4n) is 1.44. The van der Waals surface area contributed by atoms with E-state index in [1.807, 2.05) is 36.6 Å². The molecule has 0 fully saturated rings. The van der Waals surface area contributed by atoms with Gasteiger partial charge in [-0.15, -0.1) is 16.4 Å². The molecule has 2 aromatic heterocycles. The van der Waals surface area contributed by atoms with Crippen LogP contribution in [0, 0.1) is 6.92 Å². The van der Waals surface area contributed by atoms with E-state index in [9.17, 15) is 0 Å². The second kappa shape index (κ2) is 5.40. The van der Waals surface area contributed by atoms with Crippen LogP contribution in [-0.4, -0.2) is 25.2 Å². The molecule has 1 aromatic carbocycles. The maximum Gasteiger partial charge on any atom is 0.221 e. The third kappa shape index (κ3) is 2.85. The lowest BCUT2D eigenvalue weighted by molar-refractivity contribution is 0.756. The van der Waals surface area contributed by atoms with E-state index in [0.29, 0.717) is 5.16 Å². The van der Waals surface area contributed by atoms with E-state index in [1.54, 1.807) is 16.0 Å². The Kier molecular flexibility index (Phi) is 3.63. The quantitative estimate of drug-likeness (QED) is 0.722. The summed E-state index contributed by atoms with van der Waals surface area (Å²) in [7, 11) is 0. The molecule has 0 aliphatic rings. The van der Waals surface area contributed by atoms with Crippen LogP contribution in [0.25, 0.3) is 5.69 Å². The van der Waals surface area contributed by atoms with Crippen LogP contribution in [0.5, 0.6) is 0 Å². The molecule has 0 bridgehead atoms. The van der Waals surface area contributed by atoms with Gasteiger partial charge in [0.05, 0.1) is 5.69 Å². The van der Waals surface area contributed by atoms with Crippen LogP contribution in [0.3, 0.4) is 0 Å². The number of tetrazole rings is 1. The van der Waals surface area contributed by atoms with Gasteiger partial charge in [0, 0.05) is 15.5 Å². The molecule has 0 unspecified atom stereocenters. The zero-order valence-electron chi connectivity index (χ0n) is 9.82. The summed E-state index contributed by atoms with van der Waals surface area (Å²) >= 11 is 6.46. The van der Waals surface area contributed by atoms with Crippen LogP contribution in [-0.2, 0) is 0 Å². The fourth-order valence-corrected chi connectivity index (χ4v) is 3.44. The summed E-state index contributed by atoms with van der Waals surface area (Å²) in [5, 5.41) is 14.5. The van der Waals surface area contributed by atoms with Gasteiger partial charge in [0.15, 0.2) is 4.34 Å². The third-order valence-corrected chi connectivity index (χ3v) is 4.81. The van der Waals surface area contributed by atoms with E-state index in [2.05, 4.69) is 36.4 Å². The second-order valence-corrected chi connectivity index (χ2v) is 6.69. The highest BCUT2D eigenvalue weighted by atomic mass is 79.9. The number of hydrogen-bond acceptors (Lipinski definition) is 6. The van der Waals surface area contributed by atoms with Crippen molar-refractivity contribution >= 4 is 39.0 Å². The fraction of sp³-hybridized carbons (Fsp3) is 0.0909. The molecule has 3 rings (SSSR count). The first-order chi connectivity index (χ1) is 9.22. The van der Waals surface area contributed by atoms with E-state index < -0.39 is 0 Å². The van der Waals surface area contributed by atoms with E-state index in [-0.39, 0.29) is 0 Å². The smallest absolute Gasteiger partial charge is 0.221 e. The molecular formula is C11H8BrN5S2. The van der Waals surface area contributed by atoms with Crippen molar-refractivity contribution in [3.05, 3.63) is 39.8 Å². The maximum absolute atomic E-state index is 4.40. The largest absolute Gasteiger partial charge is 0.235 e. The Morgan fingerprint density at radius 3 is 2.74 bits per heavy atom. The lowest BCUT2D eigenvalue weighted by Gasteiger charge is -2.02. The van der Waals surface area contributed by atoms with Crippen LogP contribution in [0.2, 0.25) is 0 Å². The minimum Gasteiger partial charge on any atom is -0.235 e. The first-order valence-electron chi connectivity index (χ1n) is 5.37. The first kappa shape index (κ1) is 12.8. The lowest BCUT2D eigenvalue weighted by Crippen LogP contribution is -1.98. The molecule has 0 radical (unpaired) electrons. The van der Waals surface area contributed by atoms with Crippen LogP contribution in [0.4, 0.5) is 0 Å². The summed E-state index contributed by atoms with van der Waals surface area (Å²) in [6, 6.07) is 7.83. The zero-order chi connectivity index (χ0) is 13.2. The number of thiazole rings is 1. The van der Waals surface area contributed by atoms with E-state index in [4.69, 9.17) is 0 Å². The summed E-state index contributed by atoms with van der Waals surface area (Å²) in [6.07, 6.45) is 0. The highest BCUT2D eigenvalue weighted by Gasteiger charge is 2.11. The number of aromatic nitrogens is 5. The van der Waals surface area contributed by atoms with Crippen LogP contribution in [0.15, 0.2) is 43.6 Å². The molecule has 2 heterocycles. The highest BCUT2D eigenvalue weighted by molar-refractivity contribution is 9.10. The summed E-state index contributed by atoms with van der Waals surface area (Å²) in [6.45, 7) is 1.97. The van der Waals surface area contributed by atoms with Crippen molar-refractivity contribution in [2.24, 2.45) is 0 Å². The normalized spacial score (nSPS) is 10.8. The van der Waals surface area contributed by atoms with E-state index in [1.165, 1.54) is 11.8 Å². The van der Waals surface area contributed by atoms with Gasteiger partial charge >= 0.3 is 0 Å². The monoisotopic (exact) mass is 353 g/mol. The summed E-state index contributed by atoms with van der Waals surface area (Å²) in [5.41, 5.74) is 1.93. The molecule has 0 spiro atoms. The zero-order valence-corrected chi connectivity index (χ0v) is 13.0. The lowest BCUT2D eigenvalue weighted by atomic mass is 10.3. The maximum atomic E-state index is 4.40. The Bertz CT molecular complexity index is 691. The Morgan fingerprint density at radius 2 is 2.05 bits per heavy atom. The number of rotatable bonds is 3. The molecule has 96 valence electrons. The van der Waals surface area contributed by atoms with Crippen molar-refractivity contribution in [1.82, 2.24) is 25.2 Å². The van der Waals surface area contributed by atoms with Crippen molar-refractivity contribution in [2.45, 2.75) is 16.4 Å². The van der Waals surface area contributed by atoms with Crippen LogP contribution < -0.4 is 0 Å². The number of aryl methyl sites for hydroxylation is 1. The summed E-state index contributed by atoms with van der Waals surface area (Å²) < 4.78 is 3.66. The van der Waals surface area contributed by atoms with E-state index in [0.717, 1.165) is 20.2 Å². The molecule has 3 aromatic rings. The Labute approximate surface area is 126 Å². The number of halogens is 1. The van der Waals surface area contributed by atoms with Gasteiger partial charge in [-0.05, 0) is 53.4 Å². The Hall–Kier alpha value is -1.25. The SMILES string of the molecule is Cc1csc(Sc2nnnn2-c2ccc(Br)cc2)n1. The first-order valence-corrected chi connectivity index (χ1v) is 7.85. The van der Waals surface area contributed by atoms with Gasteiger partial charge in [0.2, 0.25) is 5.16 Å². The average molecular weight is 354 g/mol. The molecule has 8 heteroatoms. The number of nitrogens with zero attached hydrogens (tertiary/aromatic N) is 5. The Morgan fingerprint density at radius 1 is 1.26 bits per heavy atom. The van der Waals surface area contributed by atoms with Gasteiger partial charge in [-0.2, -0.15) is 4.68 Å². The van der Waals surface area contributed by atoms with E-state index >= 15 is 0 Å². The predicted molar refractivity (Wildman–Crippen MR) is 77.8 cm³/mol. The van der Waals surface area contributed by atoms with Crippen molar-refractivity contribution in [3.8, 4) is 5.69 Å². The number of benzene rings is 1. The molecular weight excluding hydrogens is 346 g/mol. The number of hydrogen-bond donors (Lipinski definition) is 0. The molecule has 0 N–H and O–H groups in total. The summed E-state index contributed by atoms with van der Waals surface area (Å²) in [5.74, 6) is 0. The summed E-state index contributed by atoms with van der Waals surface area (Å²) in [4.78, 5) is 4.40. The van der Waals surface area contributed by atoms with Gasteiger partial charge in [-0.1, -0.05) is 15.9 Å². The van der Waals surface area contributed by atoms with Gasteiger partial charge in [-0.25, -0.2) is 4.98 Å². The minimum atomic E-state index is 0.705. The highest BCUT2D eigenvalue weighted by Crippen LogP contribution is 2.29. The van der Waals surface area contributed by atoms with Gasteiger partial charge in [0.1, 0.15) is 0 Å². The standard InChI is InChI=1S/C11H8BrN5S2/c1-7-6-18-11(13-7)19-10-14-15-16-17(10)9-4-2-8(12)3-5-9/h2-6H,1H3.